The number of hydrogen-bond donors (Lipinski definition) is 1. The molecule has 214 valence electrons. The molecule has 0 aliphatic rings. The summed E-state index contributed by atoms with van der Waals surface area (Å²) in [5.74, 6) is -0.822. The van der Waals surface area contributed by atoms with E-state index in [9.17, 15) is 18.0 Å². The normalized spacial score (nSPS) is 12.1. The number of unbranched alkanes of at least 4 members (excludes halogenated alkanes) is 1. The second-order valence-corrected chi connectivity index (χ2v) is 12.9. The number of benzene rings is 3. The summed E-state index contributed by atoms with van der Waals surface area (Å²) in [6, 6.07) is 18.0. The van der Waals surface area contributed by atoms with Crippen LogP contribution in [0, 0.1) is 13.8 Å². The van der Waals surface area contributed by atoms with Crippen LogP contribution in [0.2, 0.25) is 5.02 Å². The molecule has 0 spiro atoms. The van der Waals surface area contributed by atoms with Crippen LogP contribution in [0.1, 0.15) is 43.4 Å². The largest absolute Gasteiger partial charge is 0.354 e. The summed E-state index contributed by atoms with van der Waals surface area (Å²) < 4.78 is 29.9. The van der Waals surface area contributed by atoms with Crippen LogP contribution in [0.15, 0.2) is 76.1 Å². The van der Waals surface area contributed by atoms with Gasteiger partial charge in [-0.25, -0.2) is 8.42 Å². The average Bonchev–Trinajstić information content (AvgIpc) is 2.91. The first kappa shape index (κ1) is 31.6. The van der Waals surface area contributed by atoms with Gasteiger partial charge in [0.1, 0.15) is 12.6 Å². The Morgan fingerprint density at radius 1 is 1.02 bits per heavy atom. The third kappa shape index (κ3) is 8.08. The fourth-order valence-corrected chi connectivity index (χ4v) is 6.24. The molecule has 0 aliphatic carbocycles. The zero-order valence-electron chi connectivity index (χ0n) is 23.2. The Bertz CT molecular complexity index is 1450. The van der Waals surface area contributed by atoms with E-state index in [-0.39, 0.29) is 17.3 Å². The van der Waals surface area contributed by atoms with E-state index >= 15 is 0 Å². The first-order chi connectivity index (χ1) is 18.9. The molecule has 0 aromatic heterocycles. The van der Waals surface area contributed by atoms with Gasteiger partial charge in [-0.15, -0.1) is 0 Å². The third-order valence-corrected chi connectivity index (χ3v) is 9.07. The van der Waals surface area contributed by atoms with E-state index in [1.165, 1.54) is 23.1 Å². The number of carbonyl (C=O) groups excluding carboxylic acids is 2. The van der Waals surface area contributed by atoms with Crippen molar-refractivity contribution < 1.29 is 18.0 Å². The van der Waals surface area contributed by atoms with Gasteiger partial charge >= 0.3 is 0 Å². The molecule has 0 heterocycles. The highest BCUT2D eigenvalue weighted by Crippen LogP contribution is 2.30. The molecule has 0 bridgehead atoms. The minimum atomic E-state index is -4.16. The van der Waals surface area contributed by atoms with E-state index in [1.54, 1.807) is 38.1 Å². The minimum Gasteiger partial charge on any atom is -0.354 e. The lowest BCUT2D eigenvalue weighted by atomic mass is 10.1. The number of amides is 2. The van der Waals surface area contributed by atoms with Crippen LogP contribution in [-0.4, -0.2) is 44.3 Å². The van der Waals surface area contributed by atoms with E-state index in [0.717, 1.165) is 32.7 Å². The van der Waals surface area contributed by atoms with Crippen LogP contribution >= 0.6 is 27.5 Å². The number of halogens is 2. The molecule has 3 aromatic rings. The third-order valence-electron chi connectivity index (χ3n) is 6.57. The van der Waals surface area contributed by atoms with Gasteiger partial charge in [0.15, 0.2) is 0 Å². The summed E-state index contributed by atoms with van der Waals surface area (Å²) in [6.45, 7) is 7.41. The van der Waals surface area contributed by atoms with Gasteiger partial charge in [0, 0.05) is 22.6 Å². The Morgan fingerprint density at radius 2 is 1.73 bits per heavy atom. The van der Waals surface area contributed by atoms with E-state index in [4.69, 9.17) is 11.6 Å². The molecule has 0 unspecified atom stereocenters. The van der Waals surface area contributed by atoms with Gasteiger partial charge in [-0.2, -0.15) is 0 Å². The zero-order chi connectivity index (χ0) is 29.4. The summed E-state index contributed by atoms with van der Waals surface area (Å²) in [4.78, 5) is 28.5. The summed E-state index contributed by atoms with van der Waals surface area (Å²) >= 11 is 9.73. The van der Waals surface area contributed by atoms with E-state index < -0.39 is 28.5 Å². The maximum absolute atomic E-state index is 14.0. The highest BCUT2D eigenvalue weighted by atomic mass is 79.9. The van der Waals surface area contributed by atoms with Crippen molar-refractivity contribution in [3.05, 3.63) is 92.9 Å². The van der Waals surface area contributed by atoms with Crippen LogP contribution in [0.5, 0.6) is 0 Å². The number of sulfonamides is 1. The molecule has 10 heteroatoms. The Morgan fingerprint density at radius 3 is 2.38 bits per heavy atom. The van der Waals surface area contributed by atoms with Crippen LogP contribution < -0.4 is 9.62 Å². The maximum Gasteiger partial charge on any atom is 0.264 e. The number of aryl methyl sites for hydroxylation is 2. The topological polar surface area (TPSA) is 86.8 Å². The summed E-state index contributed by atoms with van der Waals surface area (Å²) in [5, 5.41) is 3.23. The molecule has 0 radical (unpaired) electrons. The molecule has 0 aliphatic heterocycles. The first-order valence-electron chi connectivity index (χ1n) is 13.1. The Hall–Kier alpha value is -2.88. The molecular weight excluding hydrogens is 614 g/mol. The van der Waals surface area contributed by atoms with Gasteiger partial charge in [-0.3, -0.25) is 13.9 Å². The van der Waals surface area contributed by atoms with Crippen molar-refractivity contribution in [2.24, 2.45) is 0 Å². The molecule has 0 saturated heterocycles. The number of carbonyl (C=O) groups is 2. The number of rotatable bonds is 12. The average molecular weight is 649 g/mol. The number of hydrogen-bond acceptors (Lipinski definition) is 4. The van der Waals surface area contributed by atoms with E-state index in [0.29, 0.717) is 22.8 Å². The SMILES string of the molecule is CCCCNC(=O)[C@@H](C)N(Cc1cccc(Br)c1)C(=O)CN(c1cc(Cl)ccc1C)S(=O)(=O)c1ccc(C)cc1. The highest BCUT2D eigenvalue weighted by molar-refractivity contribution is 9.10. The summed E-state index contributed by atoms with van der Waals surface area (Å²) in [7, 11) is -4.16. The van der Waals surface area contributed by atoms with Gasteiger partial charge in [0.05, 0.1) is 10.6 Å². The molecule has 40 heavy (non-hydrogen) atoms. The van der Waals surface area contributed by atoms with Crippen molar-refractivity contribution in [1.29, 1.82) is 0 Å². The molecule has 0 saturated carbocycles. The predicted octanol–water partition coefficient (Wildman–Crippen LogP) is 6.25. The van der Waals surface area contributed by atoms with Gasteiger partial charge in [-0.1, -0.05) is 76.8 Å². The van der Waals surface area contributed by atoms with Crippen LogP contribution in [0.25, 0.3) is 0 Å². The second kappa shape index (κ2) is 14.1. The van der Waals surface area contributed by atoms with E-state index in [2.05, 4.69) is 21.2 Å². The van der Waals surface area contributed by atoms with Gasteiger partial charge < -0.3 is 10.2 Å². The van der Waals surface area contributed by atoms with Crippen LogP contribution in [0.3, 0.4) is 0 Å². The van der Waals surface area contributed by atoms with Crippen LogP contribution in [-0.2, 0) is 26.2 Å². The smallest absolute Gasteiger partial charge is 0.264 e. The predicted molar refractivity (Wildman–Crippen MR) is 164 cm³/mol. The van der Waals surface area contributed by atoms with Gasteiger partial charge in [0.2, 0.25) is 11.8 Å². The molecule has 1 N–H and O–H groups in total. The minimum absolute atomic E-state index is 0.0502. The molecular formula is C30H35BrClN3O4S. The molecule has 3 rings (SSSR count). The molecule has 2 amide bonds. The maximum atomic E-state index is 14.0. The van der Waals surface area contributed by atoms with Crippen molar-refractivity contribution in [3.63, 3.8) is 0 Å². The first-order valence-corrected chi connectivity index (χ1v) is 15.7. The second-order valence-electron chi connectivity index (χ2n) is 9.73. The van der Waals surface area contributed by atoms with Crippen molar-refractivity contribution in [1.82, 2.24) is 10.2 Å². The standard InChI is InChI=1S/C30H35BrClN3O4S/c1-5-6-16-33-30(37)23(4)34(19-24-8-7-9-25(31)17-24)29(36)20-35(28-18-26(32)13-12-22(28)3)40(38,39)27-14-10-21(2)11-15-27/h7-15,17-18,23H,5-6,16,19-20H2,1-4H3,(H,33,37)/t23-/m1/s1. The fourth-order valence-electron chi connectivity index (χ4n) is 4.15. The van der Waals surface area contributed by atoms with Crippen LogP contribution in [0.4, 0.5) is 5.69 Å². The lowest BCUT2D eigenvalue weighted by Gasteiger charge is -2.32. The lowest BCUT2D eigenvalue weighted by molar-refractivity contribution is -0.139. The Labute approximate surface area is 250 Å². The van der Waals surface area contributed by atoms with E-state index in [1.807, 2.05) is 38.1 Å². The number of nitrogens with zero attached hydrogens (tertiary/aromatic N) is 2. The Kier molecular flexibility index (Phi) is 11.2. The fraction of sp³-hybridized carbons (Fsp3) is 0.333. The quantitative estimate of drug-likeness (QED) is 0.235. The van der Waals surface area contributed by atoms with Crippen molar-refractivity contribution in [3.8, 4) is 0 Å². The number of nitrogens with one attached hydrogen (secondary N) is 1. The lowest BCUT2D eigenvalue weighted by Crippen LogP contribution is -2.51. The molecule has 0 fully saturated rings. The van der Waals surface area contributed by atoms with Crippen molar-refractivity contribution in [2.45, 2.75) is 58.0 Å². The monoisotopic (exact) mass is 647 g/mol. The molecule has 1 atom stereocenters. The molecule has 7 nitrogen and oxygen atoms in total. The van der Waals surface area contributed by atoms with Crippen molar-refractivity contribution >= 4 is 55.1 Å². The number of anilines is 1. The van der Waals surface area contributed by atoms with Gasteiger partial charge in [0.25, 0.3) is 10.0 Å². The van der Waals surface area contributed by atoms with Crippen molar-refractivity contribution in [2.75, 3.05) is 17.4 Å². The summed E-state index contributed by atoms with van der Waals surface area (Å²) in [5.41, 5.74) is 2.63. The summed E-state index contributed by atoms with van der Waals surface area (Å²) in [6.07, 6.45) is 1.73. The zero-order valence-corrected chi connectivity index (χ0v) is 26.3. The van der Waals surface area contributed by atoms with Gasteiger partial charge in [-0.05, 0) is 74.7 Å². The Balaban J connectivity index is 2.04. The molecule has 3 aromatic carbocycles. The highest BCUT2D eigenvalue weighted by Gasteiger charge is 2.33.